The number of Topliss-reactive ketones (excluding diaryl/α,β-unsaturated/α-hetero) is 1. The van der Waals surface area contributed by atoms with E-state index in [1.54, 1.807) is 11.6 Å². The fourth-order valence-electron chi connectivity index (χ4n) is 2.29. The first-order valence-corrected chi connectivity index (χ1v) is 7.04. The highest BCUT2D eigenvalue weighted by molar-refractivity contribution is 5.99. The summed E-state index contributed by atoms with van der Waals surface area (Å²) in [6, 6.07) is 4.32. The van der Waals surface area contributed by atoms with Crippen LogP contribution < -0.4 is 0 Å². The molecular formula is C16H18F2N2O. The zero-order valence-electron chi connectivity index (χ0n) is 12.4. The number of nitrogens with zero attached hydrogens (tertiary/aromatic N) is 2. The van der Waals surface area contributed by atoms with Gasteiger partial charge in [0.15, 0.2) is 5.78 Å². The number of benzene rings is 1. The predicted octanol–water partition coefficient (Wildman–Crippen LogP) is 3.73. The second-order valence-corrected chi connectivity index (χ2v) is 4.94. The van der Waals surface area contributed by atoms with E-state index in [4.69, 9.17) is 0 Å². The second-order valence-electron chi connectivity index (χ2n) is 4.94. The Kier molecular flexibility index (Phi) is 4.50. The van der Waals surface area contributed by atoms with Crippen LogP contribution in [0.2, 0.25) is 0 Å². The van der Waals surface area contributed by atoms with E-state index in [9.17, 15) is 13.6 Å². The number of hydrogen-bond donors (Lipinski definition) is 0. The van der Waals surface area contributed by atoms with E-state index in [0.29, 0.717) is 0 Å². The molecule has 0 N–H and O–H groups in total. The van der Waals surface area contributed by atoms with Crippen molar-refractivity contribution in [2.45, 2.75) is 39.7 Å². The normalized spacial score (nSPS) is 12.4. The van der Waals surface area contributed by atoms with E-state index >= 15 is 0 Å². The van der Waals surface area contributed by atoms with Gasteiger partial charge < -0.3 is 0 Å². The monoisotopic (exact) mass is 292 g/mol. The van der Waals surface area contributed by atoms with Crippen LogP contribution >= 0.6 is 0 Å². The van der Waals surface area contributed by atoms with E-state index < -0.39 is 23.5 Å². The summed E-state index contributed by atoms with van der Waals surface area (Å²) in [7, 11) is 0. The summed E-state index contributed by atoms with van der Waals surface area (Å²) in [5, 5.41) is 4.39. The Morgan fingerprint density at radius 1 is 1.24 bits per heavy atom. The minimum atomic E-state index is -0.840. The van der Waals surface area contributed by atoms with Crippen molar-refractivity contribution in [1.82, 2.24) is 9.78 Å². The zero-order valence-corrected chi connectivity index (χ0v) is 12.4. The van der Waals surface area contributed by atoms with Crippen molar-refractivity contribution in [3.05, 3.63) is 52.9 Å². The molecule has 0 amide bonds. The number of hydrogen-bond acceptors (Lipinski definition) is 2. The Morgan fingerprint density at radius 3 is 2.52 bits per heavy atom. The predicted molar refractivity (Wildman–Crippen MR) is 76.4 cm³/mol. The number of carbonyl (C=O) groups excluding carboxylic acids is 1. The molecule has 0 saturated carbocycles. The van der Waals surface area contributed by atoms with E-state index in [1.165, 1.54) is 6.07 Å². The van der Waals surface area contributed by atoms with Crippen LogP contribution in [0.15, 0.2) is 24.3 Å². The van der Waals surface area contributed by atoms with Crippen LogP contribution in [0.25, 0.3) is 0 Å². The molecule has 2 aromatic rings. The SMILES string of the molecule is CCc1cc(CC)n(C(C)C(=O)c2ccc(F)cc2F)n1. The van der Waals surface area contributed by atoms with Gasteiger partial charge in [-0.3, -0.25) is 9.48 Å². The molecule has 1 unspecified atom stereocenters. The second kappa shape index (κ2) is 6.16. The lowest BCUT2D eigenvalue weighted by atomic mass is 10.0. The molecule has 0 aliphatic carbocycles. The number of ketones is 1. The molecule has 0 radical (unpaired) electrons. The first-order chi connectivity index (χ1) is 9.97. The summed E-state index contributed by atoms with van der Waals surface area (Å²) in [5.41, 5.74) is 1.71. The van der Waals surface area contributed by atoms with Gasteiger partial charge in [-0.25, -0.2) is 8.78 Å². The maximum Gasteiger partial charge on any atom is 0.190 e. The minimum absolute atomic E-state index is 0.112. The summed E-state index contributed by atoms with van der Waals surface area (Å²) >= 11 is 0. The van der Waals surface area contributed by atoms with Gasteiger partial charge in [-0.2, -0.15) is 5.10 Å². The van der Waals surface area contributed by atoms with Crippen molar-refractivity contribution in [3.63, 3.8) is 0 Å². The van der Waals surface area contributed by atoms with Crippen LogP contribution in [0.5, 0.6) is 0 Å². The Bertz CT molecular complexity index is 664. The van der Waals surface area contributed by atoms with Crippen LogP contribution in [-0.4, -0.2) is 15.6 Å². The van der Waals surface area contributed by atoms with Gasteiger partial charge in [0.25, 0.3) is 0 Å². The molecule has 0 aliphatic heterocycles. The van der Waals surface area contributed by atoms with Crippen molar-refractivity contribution in [2.24, 2.45) is 0 Å². The molecule has 0 aliphatic rings. The van der Waals surface area contributed by atoms with Gasteiger partial charge in [-0.05, 0) is 38.0 Å². The van der Waals surface area contributed by atoms with Gasteiger partial charge in [-0.1, -0.05) is 13.8 Å². The summed E-state index contributed by atoms with van der Waals surface area (Å²) in [6.45, 7) is 5.64. The molecular weight excluding hydrogens is 274 g/mol. The number of aryl methyl sites for hydroxylation is 2. The largest absolute Gasteiger partial charge is 0.292 e. The average molecular weight is 292 g/mol. The smallest absolute Gasteiger partial charge is 0.190 e. The van der Waals surface area contributed by atoms with Gasteiger partial charge in [0.2, 0.25) is 0 Å². The summed E-state index contributed by atoms with van der Waals surface area (Å²) < 4.78 is 28.3. The Hall–Kier alpha value is -2.04. The molecule has 1 heterocycles. The van der Waals surface area contributed by atoms with Crippen molar-refractivity contribution in [2.75, 3.05) is 0 Å². The van der Waals surface area contributed by atoms with Gasteiger partial charge in [-0.15, -0.1) is 0 Å². The lowest BCUT2D eigenvalue weighted by Crippen LogP contribution is -2.21. The number of rotatable bonds is 5. The van der Waals surface area contributed by atoms with Crippen LogP contribution in [0.3, 0.4) is 0 Å². The maximum absolute atomic E-state index is 13.7. The standard InChI is InChI=1S/C16H18F2N2O/c1-4-12-9-13(5-2)20(19-12)10(3)16(21)14-7-6-11(17)8-15(14)18/h6-10H,4-5H2,1-3H3. The Morgan fingerprint density at radius 2 is 1.95 bits per heavy atom. The molecule has 0 spiro atoms. The molecule has 3 nitrogen and oxygen atoms in total. The lowest BCUT2D eigenvalue weighted by molar-refractivity contribution is 0.0922. The first-order valence-electron chi connectivity index (χ1n) is 7.04. The Balaban J connectivity index is 2.36. The third kappa shape index (κ3) is 3.01. The van der Waals surface area contributed by atoms with Gasteiger partial charge >= 0.3 is 0 Å². The molecule has 112 valence electrons. The van der Waals surface area contributed by atoms with Crippen LogP contribution in [0.1, 0.15) is 48.6 Å². The van der Waals surface area contributed by atoms with Crippen molar-refractivity contribution in [1.29, 1.82) is 0 Å². The van der Waals surface area contributed by atoms with E-state index in [1.807, 2.05) is 19.9 Å². The topological polar surface area (TPSA) is 34.9 Å². The van der Waals surface area contributed by atoms with E-state index in [2.05, 4.69) is 5.10 Å². The minimum Gasteiger partial charge on any atom is -0.292 e. The fraction of sp³-hybridized carbons (Fsp3) is 0.375. The summed E-state index contributed by atoms with van der Waals surface area (Å²) in [4.78, 5) is 12.4. The highest BCUT2D eigenvalue weighted by Crippen LogP contribution is 2.20. The zero-order chi connectivity index (χ0) is 15.6. The third-order valence-corrected chi connectivity index (χ3v) is 3.53. The maximum atomic E-state index is 13.7. The molecule has 1 aromatic heterocycles. The van der Waals surface area contributed by atoms with Gasteiger partial charge in [0.05, 0.1) is 11.3 Å². The van der Waals surface area contributed by atoms with Gasteiger partial charge in [0, 0.05) is 11.8 Å². The van der Waals surface area contributed by atoms with Crippen LogP contribution in [0, 0.1) is 11.6 Å². The quantitative estimate of drug-likeness (QED) is 0.787. The molecule has 1 atom stereocenters. The molecule has 21 heavy (non-hydrogen) atoms. The fourth-order valence-corrected chi connectivity index (χ4v) is 2.29. The molecule has 5 heteroatoms. The van der Waals surface area contributed by atoms with Crippen LogP contribution in [0.4, 0.5) is 8.78 Å². The molecule has 0 saturated heterocycles. The van der Waals surface area contributed by atoms with Crippen LogP contribution in [-0.2, 0) is 12.8 Å². The summed E-state index contributed by atoms with van der Waals surface area (Å²) in [5.74, 6) is -1.95. The molecule has 1 aromatic carbocycles. The summed E-state index contributed by atoms with van der Waals surface area (Å²) in [6.07, 6.45) is 1.50. The average Bonchev–Trinajstić information content (AvgIpc) is 2.89. The lowest BCUT2D eigenvalue weighted by Gasteiger charge is -2.14. The molecule has 0 bridgehead atoms. The van der Waals surface area contributed by atoms with E-state index in [0.717, 1.165) is 36.4 Å². The first kappa shape index (κ1) is 15.4. The third-order valence-electron chi connectivity index (χ3n) is 3.53. The van der Waals surface area contributed by atoms with E-state index in [-0.39, 0.29) is 5.56 Å². The highest BCUT2D eigenvalue weighted by Gasteiger charge is 2.23. The highest BCUT2D eigenvalue weighted by atomic mass is 19.1. The van der Waals surface area contributed by atoms with Crippen molar-refractivity contribution < 1.29 is 13.6 Å². The molecule has 2 rings (SSSR count). The Labute approximate surface area is 122 Å². The number of halogens is 2. The van der Waals surface area contributed by atoms with Gasteiger partial charge in [0.1, 0.15) is 17.7 Å². The molecule has 0 fully saturated rings. The van der Waals surface area contributed by atoms with Crippen molar-refractivity contribution in [3.8, 4) is 0 Å². The van der Waals surface area contributed by atoms with Crippen molar-refractivity contribution >= 4 is 5.78 Å². The number of aromatic nitrogens is 2. The number of carbonyl (C=O) groups is 1.